The van der Waals surface area contributed by atoms with Crippen LogP contribution in [0.2, 0.25) is 0 Å². The molecular formula is C13H27NO3S. The Labute approximate surface area is 111 Å². The first kappa shape index (κ1) is 15.9. The fraction of sp³-hybridized carbons (Fsp3) is 1.00. The number of hydrogen-bond donors (Lipinski definition) is 1. The van der Waals surface area contributed by atoms with Crippen LogP contribution in [0, 0.1) is 5.92 Å². The smallest absolute Gasteiger partial charge is 0.152 e. The summed E-state index contributed by atoms with van der Waals surface area (Å²) >= 11 is 0. The lowest BCUT2D eigenvalue weighted by molar-refractivity contribution is 0.173. The molecule has 0 aliphatic heterocycles. The monoisotopic (exact) mass is 277 g/mol. The second kappa shape index (κ2) is 8.12. The molecule has 0 aromatic heterocycles. The first-order valence-electron chi connectivity index (χ1n) is 7.00. The largest absolute Gasteiger partial charge is 0.383 e. The van der Waals surface area contributed by atoms with Crippen molar-refractivity contribution in [2.45, 2.75) is 45.1 Å². The Hall–Kier alpha value is -0.130. The highest BCUT2D eigenvalue weighted by Gasteiger charge is 2.25. The number of sulfone groups is 1. The van der Waals surface area contributed by atoms with E-state index in [1.165, 1.54) is 12.8 Å². The summed E-state index contributed by atoms with van der Waals surface area (Å²) in [5, 5.41) is 3.25. The van der Waals surface area contributed by atoms with Crippen molar-refractivity contribution in [3.63, 3.8) is 0 Å². The van der Waals surface area contributed by atoms with Gasteiger partial charge < -0.3 is 10.1 Å². The van der Waals surface area contributed by atoms with Crippen LogP contribution in [0.4, 0.5) is 0 Å². The zero-order chi connectivity index (χ0) is 13.4. The van der Waals surface area contributed by atoms with Gasteiger partial charge in [-0.1, -0.05) is 19.8 Å². The Morgan fingerprint density at radius 3 is 2.56 bits per heavy atom. The number of nitrogens with one attached hydrogen (secondary N) is 1. The van der Waals surface area contributed by atoms with Gasteiger partial charge in [-0.05, 0) is 31.7 Å². The van der Waals surface area contributed by atoms with Crippen molar-refractivity contribution in [2.75, 3.05) is 31.8 Å². The lowest BCUT2D eigenvalue weighted by Gasteiger charge is -2.19. The van der Waals surface area contributed by atoms with Crippen LogP contribution in [0.3, 0.4) is 0 Å². The van der Waals surface area contributed by atoms with Gasteiger partial charge in [0, 0.05) is 13.2 Å². The fourth-order valence-electron chi connectivity index (χ4n) is 2.63. The molecule has 1 unspecified atom stereocenters. The number of ether oxygens (including phenoxy) is 1. The summed E-state index contributed by atoms with van der Waals surface area (Å²) in [6.45, 7) is 3.38. The van der Waals surface area contributed by atoms with Crippen LogP contribution < -0.4 is 5.32 Å². The minimum absolute atomic E-state index is 0.0682. The number of rotatable bonds is 9. The van der Waals surface area contributed by atoms with Crippen LogP contribution in [-0.2, 0) is 14.6 Å². The molecule has 1 atom stereocenters. The van der Waals surface area contributed by atoms with Crippen LogP contribution in [0.15, 0.2) is 0 Å². The van der Waals surface area contributed by atoms with E-state index in [4.69, 9.17) is 4.74 Å². The Bertz CT molecular complexity index is 310. The molecule has 1 fully saturated rings. The van der Waals surface area contributed by atoms with Gasteiger partial charge in [0.2, 0.25) is 0 Å². The van der Waals surface area contributed by atoms with Gasteiger partial charge in [0.25, 0.3) is 0 Å². The normalized spacial score (nSPS) is 19.2. The standard InChI is InChI=1S/C13H27NO3S/c1-3-8-14-13(9-17-2)11-18(15,16)10-12-6-4-5-7-12/h12-14H,3-11H2,1-2H3. The molecule has 0 heterocycles. The summed E-state index contributed by atoms with van der Waals surface area (Å²) in [5.74, 6) is 0.961. The molecule has 0 spiro atoms. The van der Waals surface area contributed by atoms with E-state index in [0.717, 1.165) is 25.8 Å². The van der Waals surface area contributed by atoms with Gasteiger partial charge in [-0.3, -0.25) is 0 Å². The van der Waals surface area contributed by atoms with Crippen LogP contribution in [0.1, 0.15) is 39.0 Å². The average molecular weight is 277 g/mol. The molecule has 1 N–H and O–H groups in total. The summed E-state index contributed by atoms with van der Waals surface area (Å²) in [4.78, 5) is 0. The zero-order valence-corrected chi connectivity index (χ0v) is 12.5. The molecule has 108 valence electrons. The molecule has 0 saturated heterocycles. The highest BCUT2D eigenvalue weighted by Crippen LogP contribution is 2.26. The van der Waals surface area contributed by atoms with Gasteiger partial charge in [0.15, 0.2) is 9.84 Å². The zero-order valence-electron chi connectivity index (χ0n) is 11.7. The summed E-state index contributed by atoms with van der Waals surface area (Å²) in [7, 11) is -1.34. The Balaban J connectivity index is 2.43. The van der Waals surface area contributed by atoms with Gasteiger partial charge >= 0.3 is 0 Å². The first-order valence-corrected chi connectivity index (χ1v) is 8.82. The second-order valence-corrected chi connectivity index (χ2v) is 7.49. The molecule has 0 aromatic rings. The van der Waals surface area contributed by atoms with Crippen molar-refractivity contribution in [2.24, 2.45) is 5.92 Å². The Kier molecular flexibility index (Phi) is 7.19. The summed E-state index contributed by atoms with van der Waals surface area (Å²) in [6.07, 6.45) is 5.54. The summed E-state index contributed by atoms with van der Waals surface area (Å²) < 4.78 is 29.4. The van der Waals surface area contributed by atoms with Gasteiger partial charge in [-0.25, -0.2) is 8.42 Å². The highest BCUT2D eigenvalue weighted by molar-refractivity contribution is 7.91. The molecule has 0 radical (unpaired) electrons. The third-order valence-corrected chi connectivity index (χ3v) is 5.36. The van der Waals surface area contributed by atoms with Crippen LogP contribution in [-0.4, -0.2) is 46.2 Å². The predicted octanol–water partition coefficient (Wildman–Crippen LogP) is 1.61. The molecule has 0 bridgehead atoms. The molecule has 4 nitrogen and oxygen atoms in total. The fourth-order valence-corrected chi connectivity index (χ4v) is 4.64. The summed E-state index contributed by atoms with van der Waals surface area (Å²) in [5.41, 5.74) is 0. The van der Waals surface area contributed by atoms with Crippen molar-refractivity contribution >= 4 is 9.84 Å². The van der Waals surface area contributed by atoms with Crippen molar-refractivity contribution < 1.29 is 13.2 Å². The topological polar surface area (TPSA) is 55.4 Å². The van der Waals surface area contributed by atoms with Gasteiger partial charge in [0.1, 0.15) is 0 Å². The van der Waals surface area contributed by atoms with E-state index >= 15 is 0 Å². The maximum Gasteiger partial charge on any atom is 0.152 e. The first-order chi connectivity index (χ1) is 8.57. The average Bonchev–Trinajstić information content (AvgIpc) is 2.77. The molecule has 18 heavy (non-hydrogen) atoms. The summed E-state index contributed by atoms with van der Waals surface area (Å²) in [6, 6.07) is -0.0682. The lowest BCUT2D eigenvalue weighted by Crippen LogP contribution is -2.40. The second-order valence-electron chi connectivity index (χ2n) is 5.33. The molecule has 1 rings (SSSR count). The van der Waals surface area contributed by atoms with Crippen LogP contribution >= 0.6 is 0 Å². The van der Waals surface area contributed by atoms with E-state index in [-0.39, 0.29) is 11.8 Å². The van der Waals surface area contributed by atoms with Crippen molar-refractivity contribution in [1.82, 2.24) is 5.32 Å². The van der Waals surface area contributed by atoms with Crippen molar-refractivity contribution in [1.29, 1.82) is 0 Å². The van der Waals surface area contributed by atoms with Crippen LogP contribution in [0.5, 0.6) is 0 Å². The number of methoxy groups -OCH3 is 1. The maximum absolute atomic E-state index is 12.1. The van der Waals surface area contributed by atoms with Gasteiger partial charge in [-0.2, -0.15) is 0 Å². The lowest BCUT2D eigenvalue weighted by atomic mass is 10.1. The van der Waals surface area contributed by atoms with E-state index < -0.39 is 9.84 Å². The van der Waals surface area contributed by atoms with E-state index in [0.29, 0.717) is 18.3 Å². The van der Waals surface area contributed by atoms with E-state index in [1.54, 1.807) is 7.11 Å². The SMILES string of the molecule is CCCNC(COC)CS(=O)(=O)CC1CCCC1. The van der Waals surface area contributed by atoms with E-state index in [1.807, 2.05) is 0 Å². The van der Waals surface area contributed by atoms with Gasteiger partial charge in [0.05, 0.1) is 18.1 Å². The third kappa shape index (κ3) is 6.16. The third-order valence-electron chi connectivity index (χ3n) is 3.47. The van der Waals surface area contributed by atoms with E-state index in [9.17, 15) is 8.42 Å². The molecule has 0 amide bonds. The number of hydrogen-bond acceptors (Lipinski definition) is 4. The highest BCUT2D eigenvalue weighted by atomic mass is 32.2. The molecule has 1 aliphatic rings. The molecular weight excluding hydrogens is 250 g/mol. The molecule has 1 saturated carbocycles. The Morgan fingerprint density at radius 1 is 1.33 bits per heavy atom. The quantitative estimate of drug-likeness (QED) is 0.695. The van der Waals surface area contributed by atoms with Crippen molar-refractivity contribution in [3.05, 3.63) is 0 Å². The predicted molar refractivity (Wildman–Crippen MR) is 74.6 cm³/mol. The maximum atomic E-state index is 12.1. The van der Waals surface area contributed by atoms with Crippen LogP contribution in [0.25, 0.3) is 0 Å². The van der Waals surface area contributed by atoms with Gasteiger partial charge in [-0.15, -0.1) is 0 Å². The minimum atomic E-state index is -2.96. The minimum Gasteiger partial charge on any atom is -0.383 e. The van der Waals surface area contributed by atoms with Crippen molar-refractivity contribution in [3.8, 4) is 0 Å². The molecule has 5 heteroatoms. The molecule has 1 aliphatic carbocycles. The molecule has 0 aromatic carbocycles. The Morgan fingerprint density at radius 2 is 2.00 bits per heavy atom. The van der Waals surface area contributed by atoms with E-state index in [2.05, 4.69) is 12.2 Å².